The molecule has 92 valence electrons. The van der Waals surface area contributed by atoms with Gasteiger partial charge >= 0.3 is 0 Å². The Labute approximate surface area is 97.0 Å². The van der Waals surface area contributed by atoms with Gasteiger partial charge in [0.25, 0.3) is 0 Å². The molecule has 1 aliphatic carbocycles. The molecule has 1 saturated heterocycles. The molecular weight excluding hydrogens is 204 g/mol. The van der Waals surface area contributed by atoms with E-state index in [9.17, 15) is 9.90 Å². The predicted molar refractivity (Wildman–Crippen MR) is 62.1 cm³/mol. The SMILES string of the molecule is CN(CC1(O)CCCC1)C(=O)[C@H]1CCCN1. The summed E-state index contributed by atoms with van der Waals surface area (Å²) < 4.78 is 0. The minimum absolute atomic E-state index is 0.0185. The molecule has 0 unspecified atom stereocenters. The maximum Gasteiger partial charge on any atom is 0.239 e. The first-order chi connectivity index (χ1) is 7.61. The molecule has 1 atom stereocenters. The zero-order chi connectivity index (χ0) is 11.6. The van der Waals surface area contributed by atoms with E-state index in [-0.39, 0.29) is 11.9 Å². The predicted octanol–water partition coefficient (Wildman–Crippen LogP) is 0.502. The molecule has 1 saturated carbocycles. The number of nitrogens with one attached hydrogen (secondary N) is 1. The van der Waals surface area contributed by atoms with Gasteiger partial charge in [0.1, 0.15) is 0 Å². The number of carbonyl (C=O) groups excluding carboxylic acids is 1. The largest absolute Gasteiger partial charge is 0.388 e. The molecule has 0 bridgehead atoms. The Morgan fingerprint density at radius 1 is 1.44 bits per heavy atom. The van der Waals surface area contributed by atoms with Crippen molar-refractivity contribution in [2.75, 3.05) is 20.1 Å². The number of hydrogen-bond donors (Lipinski definition) is 2. The van der Waals surface area contributed by atoms with Crippen molar-refractivity contribution in [3.8, 4) is 0 Å². The van der Waals surface area contributed by atoms with Crippen molar-refractivity contribution in [2.45, 2.75) is 50.2 Å². The van der Waals surface area contributed by atoms with Gasteiger partial charge < -0.3 is 15.3 Å². The fraction of sp³-hybridized carbons (Fsp3) is 0.917. The quantitative estimate of drug-likeness (QED) is 0.737. The Hall–Kier alpha value is -0.610. The van der Waals surface area contributed by atoms with E-state index in [1.165, 1.54) is 0 Å². The Balaban J connectivity index is 1.86. The van der Waals surface area contributed by atoms with Gasteiger partial charge in [0.05, 0.1) is 11.6 Å². The fourth-order valence-electron chi connectivity index (χ4n) is 2.87. The van der Waals surface area contributed by atoms with Gasteiger partial charge in [0, 0.05) is 13.6 Å². The molecule has 0 aromatic rings. The number of rotatable bonds is 3. The van der Waals surface area contributed by atoms with E-state index in [0.717, 1.165) is 45.1 Å². The molecule has 1 heterocycles. The van der Waals surface area contributed by atoms with E-state index >= 15 is 0 Å². The van der Waals surface area contributed by atoms with E-state index in [4.69, 9.17) is 0 Å². The molecule has 0 radical (unpaired) electrons. The van der Waals surface area contributed by atoms with Crippen LogP contribution in [0.4, 0.5) is 0 Å². The summed E-state index contributed by atoms with van der Waals surface area (Å²) in [7, 11) is 1.80. The molecule has 0 aromatic carbocycles. The summed E-state index contributed by atoms with van der Waals surface area (Å²) in [5.74, 6) is 0.137. The summed E-state index contributed by atoms with van der Waals surface area (Å²) >= 11 is 0. The highest BCUT2D eigenvalue weighted by Crippen LogP contribution is 2.30. The van der Waals surface area contributed by atoms with Crippen molar-refractivity contribution >= 4 is 5.91 Å². The first-order valence-corrected chi connectivity index (χ1v) is 6.31. The van der Waals surface area contributed by atoms with Crippen molar-refractivity contribution in [3.05, 3.63) is 0 Å². The second-order valence-corrected chi connectivity index (χ2v) is 5.27. The lowest BCUT2D eigenvalue weighted by molar-refractivity contribution is -0.135. The minimum Gasteiger partial charge on any atom is -0.388 e. The van der Waals surface area contributed by atoms with Crippen LogP contribution in [0.15, 0.2) is 0 Å². The Morgan fingerprint density at radius 2 is 2.12 bits per heavy atom. The van der Waals surface area contributed by atoms with Crippen LogP contribution in [0.25, 0.3) is 0 Å². The van der Waals surface area contributed by atoms with Gasteiger partial charge in [0.2, 0.25) is 5.91 Å². The minimum atomic E-state index is -0.622. The maximum atomic E-state index is 12.0. The molecule has 2 rings (SSSR count). The van der Waals surface area contributed by atoms with Crippen molar-refractivity contribution in [2.24, 2.45) is 0 Å². The van der Waals surface area contributed by atoms with Gasteiger partial charge in [-0.1, -0.05) is 12.8 Å². The normalized spacial score (nSPS) is 28.2. The number of carbonyl (C=O) groups is 1. The van der Waals surface area contributed by atoms with Gasteiger partial charge in [-0.15, -0.1) is 0 Å². The third-order valence-electron chi connectivity index (χ3n) is 3.80. The smallest absolute Gasteiger partial charge is 0.239 e. The van der Waals surface area contributed by atoms with Crippen LogP contribution in [0.1, 0.15) is 38.5 Å². The van der Waals surface area contributed by atoms with E-state index in [0.29, 0.717) is 6.54 Å². The third-order valence-corrected chi connectivity index (χ3v) is 3.80. The second kappa shape index (κ2) is 4.72. The van der Waals surface area contributed by atoms with E-state index in [2.05, 4.69) is 5.32 Å². The van der Waals surface area contributed by atoms with Crippen LogP contribution >= 0.6 is 0 Å². The summed E-state index contributed by atoms with van der Waals surface area (Å²) in [4.78, 5) is 13.7. The molecule has 4 nitrogen and oxygen atoms in total. The highest BCUT2D eigenvalue weighted by Gasteiger charge is 2.35. The number of nitrogens with zero attached hydrogens (tertiary/aromatic N) is 1. The zero-order valence-corrected chi connectivity index (χ0v) is 10.0. The summed E-state index contributed by atoms with van der Waals surface area (Å²) in [6, 6.07) is -0.0185. The highest BCUT2D eigenvalue weighted by molar-refractivity contribution is 5.82. The number of aliphatic hydroxyl groups is 1. The van der Waals surface area contributed by atoms with E-state index in [1.807, 2.05) is 0 Å². The van der Waals surface area contributed by atoms with Crippen molar-refractivity contribution < 1.29 is 9.90 Å². The van der Waals surface area contributed by atoms with Gasteiger partial charge in [-0.3, -0.25) is 4.79 Å². The molecule has 1 amide bonds. The number of amides is 1. The van der Waals surface area contributed by atoms with E-state index < -0.39 is 5.60 Å². The summed E-state index contributed by atoms with van der Waals surface area (Å²) in [6.07, 6.45) is 5.85. The molecule has 0 spiro atoms. The average molecular weight is 226 g/mol. The summed E-state index contributed by atoms with van der Waals surface area (Å²) in [5, 5.41) is 13.4. The molecule has 1 aliphatic heterocycles. The lowest BCUT2D eigenvalue weighted by Gasteiger charge is -2.30. The van der Waals surface area contributed by atoms with Crippen LogP contribution in [0.5, 0.6) is 0 Å². The van der Waals surface area contributed by atoms with Gasteiger partial charge in [0.15, 0.2) is 0 Å². The van der Waals surface area contributed by atoms with Crippen LogP contribution in [0, 0.1) is 0 Å². The Kier molecular flexibility index (Phi) is 3.50. The van der Waals surface area contributed by atoms with Crippen LogP contribution < -0.4 is 5.32 Å². The Bertz CT molecular complexity index is 256. The van der Waals surface area contributed by atoms with Crippen molar-refractivity contribution in [1.82, 2.24) is 10.2 Å². The third kappa shape index (κ3) is 2.55. The molecule has 2 aliphatic rings. The summed E-state index contributed by atoms with van der Waals surface area (Å²) in [6.45, 7) is 1.43. The maximum absolute atomic E-state index is 12.0. The molecular formula is C12H22N2O2. The van der Waals surface area contributed by atoms with Gasteiger partial charge in [-0.05, 0) is 32.2 Å². The van der Waals surface area contributed by atoms with Gasteiger partial charge in [-0.25, -0.2) is 0 Å². The second-order valence-electron chi connectivity index (χ2n) is 5.27. The fourth-order valence-corrected chi connectivity index (χ4v) is 2.87. The Morgan fingerprint density at radius 3 is 2.69 bits per heavy atom. The summed E-state index contributed by atoms with van der Waals surface area (Å²) in [5.41, 5.74) is -0.622. The van der Waals surface area contributed by atoms with Crippen LogP contribution in [-0.4, -0.2) is 47.7 Å². The molecule has 2 N–H and O–H groups in total. The first-order valence-electron chi connectivity index (χ1n) is 6.31. The molecule has 0 aromatic heterocycles. The molecule has 2 fully saturated rings. The lowest BCUT2D eigenvalue weighted by atomic mass is 10.0. The van der Waals surface area contributed by atoms with Crippen LogP contribution in [0.3, 0.4) is 0 Å². The van der Waals surface area contributed by atoms with E-state index in [1.54, 1.807) is 11.9 Å². The molecule has 4 heteroatoms. The lowest BCUT2D eigenvalue weighted by Crippen LogP contribution is -2.48. The topological polar surface area (TPSA) is 52.6 Å². The van der Waals surface area contributed by atoms with Crippen molar-refractivity contribution in [3.63, 3.8) is 0 Å². The number of hydrogen-bond acceptors (Lipinski definition) is 3. The highest BCUT2D eigenvalue weighted by atomic mass is 16.3. The van der Waals surface area contributed by atoms with Crippen LogP contribution in [0.2, 0.25) is 0 Å². The standard InChI is InChI=1S/C12H22N2O2/c1-14(9-12(16)6-2-3-7-12)11(15)10-5-4-8-13-10/h10,13,16H,2-9H2,1H3/t10-/m1/s1. The monoisotopic (exact) mass is 226 g/mol. The zero-order valence-electron chi connectivity index (χ0n) is 10.0. The molecule has 16 heavy (non-hydrogen) atoms. The first kappa shape index (κ1) is 11.9. The number of likely N-dealkylation sites (N-methyl/N-ethyl adjacent to an activating group) is 1. The average Bonchev–Trinajstić information content (AvgIpc) is 2.87. The van der Waals surface area contributed by atoms with Crippen LogP contribution in [-0.2, 0) is 4.79 Å². The van der Waals surface area contributed by atoms with Crippen molar-refractivity contribution in [1.29, 1.82) is 0 Å². The van der Waals surface area contributed by atoms with Gasteiger partial charge in [-0.2, -0.15) is 0 Å².